The Kier molecular flexibility index (Phi) is 7.58. The van der Waals surface area contributed by atoms with Crippen LogP contribution < -0.4 is 10.9 Å². The van der Waals surface area contributed by atoms with Gasteiger partial charge in [-0.2, -0.15) is 27.0 Å². The van der Waals surface area contributed by atoms with E-state index in [0.29, 0.717) is 11.1 Å². The van der Waals surface area contributed by atoms with E-state index in [9.17, 15) is 44.8 Å². The lowest BCUT2D eigenvalue weighted by Crippen LogP contribution is -2.11. The highest BCUT2D eigenvalue weighted by Crippen LogP contribution is 2.27. The second-order valence-corrected chi connectivity index (χ2v) is 10.0. The van der Waals surface area contributed by atoms with Crippen LogP contribution in [0.4, 0.5) is 19.1 Å². The second kappa shape index (κ2) is 10.3. The second-order valence-electron chi connectivity index (χ2n) is 7.36. The van der Waals surface area contributed by atoms with Crippen LogP contribution >= 0.6 is 0 Å². The molecule has 14 nitrogen and oxygen atoms in total. The summed E-state index contributed by atoms with van der Waals surface area (Å²) in [6, 6.07) is 10.1. The molecule has 18 heteroatoms. The van der Waals surface area contributed by atoms with E-state index in [1.54, 1.807) is 0 Å². The Morgan fingerprint density at radius 1 is 0.694 bits per heavy atom. The van der Waals surface area contributed by atoms with Crippen molar-refractivity contribution in [1.29, 1.82) is 0 Å². The average molecular weight is 546 g/mol. The molecule has 0 radical (unpaired) electrons. The molecule has 0 bridgehead atoms. The normalized spacial score (nSPS) is 19.2. The van der Waals surface area contributed by atoms with E-state index in [1.807, 2.05) is 0 Å². The van der Waals surface area contributed by atoms with Gasteiger partial charge in [0.15, 0.2) is 10.1 Å². The molecule has 2 aliphatic heterocycles. The number of non-ortho nitro benzene ring substituents is 2. The van der Waals surface area contributed by atoms with Crippen LogP contribution in [0.2, 0.25) is 0 Å². The van der Waals surface area contributed by atoms with E-state index in [1.165, 1.54) is 48.5 Å². The summed E-state index contributed by atoms with van der Waals surface area (Å²) in [7, 11) is -9.57. The van der Waals surface area contributed by atoms with Crippen molar-refractivity contribution in [3.8, 4) is 0 Å². The van der Waals surface area contributed by atoms with E-state index in [2.05, 4.69) is 21.1 Å². The number of rotatable bonds is 4. The number of benzene rings is 2. The molecule has 0 saturated heterocycles. The zero-order valence-corrected chi connectivity index (χ0v) is 19.4. The number of nitro benzene ring substituents is 2. The molecule has 0 fully saturated rings. The van der Waals surface area contributed by atoms with Crippen LogP contribution in [0.25, 0.3) is 0 Å². The van der Waals surface area contributed by atoms with E-state index in [-0.39, 0.29) is 24.2 Å². The third-order valence-electron chi connectivity index (χ3n) is 5.02. The summed E-state index contributed by atoms with van der Waals surface area (Å²) in [4.78, 5) is 19.8. The van der Waals surface area contributed by atoms with Crippen molar-refractivity contribution in [2.45, 2.75) is 24.9 Å². The highest BCUT2D eigenvalue weighted by molar-refractivity contribution is 8.02. The summed E-state index contributed by atoms with van der Waals surface area (Å²) < 4.78 is 67.8. The van der Waals surface area contributed by atoms with Crippen molar-refractivity contribution in [3.05, 3.63) is 79.9 Å². The number of hydrogen-bond acceptors (Lipinski definition) is 12. The fourth-order valence-corrected chi connectivity index (χ4v) is 4.24. The number of nitrogens with zero attached hydrogens (tertiary/aromatic N) is 4. The Morgan fingerprint density at radius 3 is 1.22 bits per heavy atom. The Morgan fingerprint density at radius 2 is 1.00 bits per heavy atom. The predicted octanol–water partition coefficient (Wildman–Crippen LogP) is 2.48. The third kappa shape index (κ3) is 6.54. The van der Waals surface area contributed by atoms with Gasteiger partial charge < -0.3 is 10.9 Å². The van der Waals surface area contributed by atoms with Crippen molar-refractivity contribution in [3.63, 3.8) is 0 Å². The molecule has 2 N–H and O–H groups in total. The largest absolute Gasteiger partial charge is 0.347 e. The van der Waals surface area contributed by atoms with Crippen molar-refractivity contribution >= 4 is 41.9 Å². The van der Waals surface area contributed by atoms with Gasteiger partial charge in [-0.05, 0) is 11.1 Å². The molecular formula is C18H16F2N6O8S2. The molecule has 2 aromatic carbocycles. The number of nitrogens with one attached hydrogen (secondary N) is 2. The van der Waals surface area contributed by atoms with Crippen molar-refractivity contribution in [2.75, 3.05) is 0 Å². The lowest BCUT2D eigenvalue weighted by Gasteiger charge is -2.08. The first-order valence-corrected chi connectivity index (χ1v) is 12.5. The summed E-state index contributed by atoms with van der Waals surface area (Å²) in [6.45, 7) is 0. The fourth-order valence-electron chi connectivity index (χ4n) is 3.18. The smallest absolute Gasteiger partial charge is 0.301 e. The molecule has 192 valence electrons. The Hall–Kier alpha value is -4.06. The lowest BCUT2D eigenvalue weighted by atomic mass is 10.1. The van der Waals surface area contributed by atoms with E-state index in [0.717, 1.165) is 0 Å². The van der Waals surface area contributed by atoms with Crippen molar-refractivity contribution < 1.29 is 34.5 Å². The molecule has 0 amide bonds. The molecule has 0 aromatic heterocycles. The molecule has 0 unspecified atom stereocenters. The van der Waals surface area contributed by atoms with Crippen LogP contribution in [0.5, 0.6) is 0 Å². The van der Waals surface area contributed by atoms with Crippen molar-refractivity contribution in [1.82, 2.24) is 10.9 Å². The molecule has 2 atom stereocenters. The number of hydrogen-bond donors (Lipinski definition) is 2. The highest BCUT2D eigenvalue weighted by Gasteiger charge is 2.30. The van der Waals surface area contributed by atoms with Crippen molar-refractivity contribution in [2.24, 2.45) is 10.2 Å². The minimum absolute atomic E-state index is 0.0731. The van der Waals surface area contributed by atoms with E-state index < -0.39 is 52.5 Å². The summed E-state index contributed by atoms with van der Waals surface area (Å²) in [5.41, 5.74) is 6.01. The Labute approximate surface area is 202 Å². The Bertz CT molecular complexity index is 1330. The average Bonchev–Trinajstić information content (AvgIpc) is 3.50. The van der Waals surface area contributed by atoms with Crippen LogP contribution in [-0.2, 0) is 20.4 Å². The number of hydrazone groups is 2. The minimum atomic E-state index is -4.79. The first-order chi connectivity index (χ1) is 16.8. The van der Waals surface area contributed by atoms with Crippen LogP contribution in [0.15, 0.2) is 58.7 Å². The maximum atomic E-state index is 12.7. The zero-order valence-electron chi connectivity index (χ0n) is 17.8. The SMILES string of the molecule is O=[N+]([O-])c1ccc([C@@H]2CC(S(=O)(=O)F)=NN2)cc1.O=[N+]([O-])c1ccc([C@@H]2CC(S(=O)(=O)F)=NN2)cc1. The molecule has 2 heterocycles. The zero-order chi connectivity index (χ0) is 26.7. The molecule has 36 heavy (non-hydrogen) atoms. The maximum Gasteiger partial charge on any atom is 0.347 e. The molecule has 0 aliphatic carbocycles. The van der Waals surface area contributed by atoms with Crippen LogP contribution in [0.3, 0.4) is 0 Å². The monoisotopic (exact) mass is 546 g/mol. The van der Waals surface area contributed by atoms with Gasteiger partial charge in [0.25, 0.3) is 11.4 Å². The van der Waals surface area contributed by atoms with Gasteiger partial charge in [0.2, 0.25) is 0 Å². The maximum absolute atomic E-state index is 12.7. The van der Waals surface area contributed by atoms with Crippen LogP contribution in [-0.4, -0.2) is 36.8 Å². The van der Waals surface area contributed by atoms with E-state index in [4.69, 9.17) is 0 Å². The van der Waals surface area contributed by atoms with Gasteiger partial charge in [-0.15, -0.1) is 0 Å². The lowest BCUT2D eigenvalue weighted by molar-refractivity contribution is -0.385. The highest BCUT2D eigenvalue weighted by atomic mass is 32.3. The summed E-state index contributed by atoms with van der Waals surface area (Å²) >= 11 is 0. The third-order valence-corrected chi connectivity index (χ3v) is 6.66. The topological polar surface area (TPSA) is 203 Å². The van der Waals surface area contributed by atoms with Gasteiger partial charge in [0.1, 0.15) is 0 Å². The summed E-state index contributed by atoms with van der Waals surface area (Å²) in [5, 5.41) is 26.6. The molecular weight excluding hydrogens is 530 g/mol. The quantitative estimate of drug-likeness (QED) is 0.326. The minimum Gasteiger partial charge on any atom is -0.301 e. The number of halogens is 2. The van der Waals surface area contributed by atoms with Gasteiger partial charge >= 0.3 is 20.4 Å². The van der Waals surface area contributed by atoms with Gasteiger partial charge in [-0.25, -0.2) is 0 Å². The standard InChI is InChI=1S/2C9H8FN3O4S/c2*10-18(16,17)9-5-8(11-12-9)6-1-3-7(4-2-6)13(14)15/h2*1-4,8,11H,5H2/t2*8-/m00/s1. The Balaban J connectivity index is 0.000000201. The van der Waals surface area contributed by atoms with E-state index >= 15 is 0 Å². The predicted molar refractivity (Wildman–Crippen MR) is 122 cm³/mol. The van der Waals surface area contributed by atoms with Gasteiger partial charge in [-0.3, -0.25) is 20.2 Å². The molecule has 4 rings (SSSR count). The first-order valence-electron chi connectivity index (χ1n) is 9.78. The molecule has 2 aromatic rings. The molecule has 2 aliphatic rings. The molecule has 0 spiro atoms. The summed E-state index contributed by atoms with van der Waals surface area (Å²) in [5.74, 6) is 0. The number of nitro groups is 2. The van der Waals surface area contributed by atoms with Gasteiger partial charge in [0, 0.05) is 37.1 Å². The first kappa shape index (κ1) is 26.5. The van der Waals surface area contributed by atoms with Crippen LogP contribution in [0, 0.1) is 20.2 Å². The van der Waals surface area contributed by atoms with Gasteiger partial charge in [-0.1, -0.05) is 32.0 Å². The van der Waals surface area contributed by atoms with Crippen LogP contribution in [0.1, 0.15) is 36.1 Å². The molecule has 0 saturated carbocycles. The summed E-state index contributed by atoms with van der Waals surface area (Å²) in [6.07, 6.45) is -0.229. The van der Waals surface area contributed by atoms with Gasteiger partial charge in [0.05, 0.1) is 21.9 Å². The fraction of sp³-hybridized carbons (Fsp3) is 0.222.